The van der Waals surface area contributed by atoms with Crippen LogP contribution in [0.15, 0.2) is 42.5 Å². The van der Waals surface area contributed by atoms with Crippen molar-refractivity contribution in [2.45, 2.75) is 24.6 Å². The van der Waals surface area contributed by atoms with Gasteiger partial charge in [-0.05, 0) is 60.2 Å². The molecule has 2 heterocycles. The second kappa shape index (κ2) is 6.09. The number of fused-ring (bicyclic) bond motifs is 1. The van der Waals surface area contributed by atoms with E-state index in [4.69, 9.17) is 11.6 Å². The van der Waals surface area contributed by atoms with Crippen molar-refractivity contribution in [2.24, 2.45) is 0 Å². The molecule has 0 N–H and O–H groups in total. The van der Waals surface area contributed by atoms with Gasteiger partial charge in [-0.25, -0.2) is 14.4 Å². The number of aryl methyl sites for hydroxylation is 1. The minimum absolute atomic E-state index is 0.319. The van der Waals surface area contributed by atoms with Crippen molar-refractivity contribution in [2.75, 3.05) is 13.1 Å². The average molecular weight is 373 g/mol. The highest BCUT2D eigenvalue weighted by Gasteiger charge is 2.59. The van der Waals surface area contributed by atoms with E-state index in [0.717, 1.165) is 29.5 Å². The van der Waals surface area contributed by atoms with E-state index in [2.05, 4.69) is 0 Å². The van der Waals surface area contributed by atoms with Crippen molar-refractivity contribution >= 4 is 23.4 Å². The first-order valence-corrected chi connectivity index (χ1v) is 9.00. The van der Waals surface area contributed by atoms with E-state index in [0.29, 0.717) is 18.7 Å². The van der Waals surface area contributed by atoms with Gasteiger partial charge in [0.05, 0.1) is 0 Å². The van der Waals surface area contributed by atoms with Gasteiger partial charge < -0.3 is 0 Å². The minimum Gasteiger partial charge on any atom is -0.270 e. The van der Waals surface area contributed by atoms with E-state index in [1.807, 2.05) is 19.1 Å². The van der Waals surface area contributed by atoms with Crippen LogP contribution >= 0.6 is 11.6 Å². The second-order valence-corrected chi connectivity index (χ2v) is 7.33. The summed E-state index contributed by atoms with van der Waals surface area (Å²) in [7, 11) is 0. The molecule has 0 radical (unpaired) electrons. The molecule has 2 aliphatic rings. The highest BCUT2D eigenvalue weighted by atomic mass is 35.5. The normalized spacial score (nSPS) is 19.0. The summed E-state index contributed by atoms with van der Waals surface area (Å²) < 4.78 is 13.2. The summed E-state index contributed by atoms with van der Waals surface area (Å²) in [6, 6.07) is 11.6. The number of amides is 2. The first-order valence-electron chi connectivity index (χ1n) is 8.63. The summed E-state index contributed by atoms with van der Waals surface area (Å²) in [4.78, 5) is 24.3. The zero-order valence-corrected chi connectivity index (χ0v) is 15.1. The van der Waals surface area contributed by atoms with Gasteiger partial charge in [0, 0.05) is 13.1 Å². The van der Waals surface area contributed by atoms with Gasteiger partial charge in [-0.1, -0.05) is 35.9 Å². The number of hydrogen-bond donors (Lipinski definition) is 0. The Kier molecular flexibility index (Phi) is 3.99. The molecule has 4 rings (SSSR count). The van der Waals surface area contributed by atoms with Gasteiger partial charge in [-0.3, -0.25) is 9.59 Å². The Balaban J connectivity index is 1.81. The van der Waals surface area contributed by atoms with Crippen LogP contribution in [-0.4, -0.2) is 34.9 Å². The van der Waals surface area contributed by atoms with Crippen LogP contribution < -0.4 is 0 Å². The van der Waals surface area contributed by atoms with Crippen molar-refractivity contribution in [1.82, 2.24) is 10.0 Å². The maximum Gasteiger partial charge on any atom is 0.276 e. The average Bonchev–Trinajstić information content (AvgIpc) is 2.85. The van der Waals surface area contributed by atoms with E-state index >= 15 is 0 Å². The van der Waals surface area contributed by atoms with E-state index in [1.54, 1.807) is 18.2 Å². The fourth-order valence-electron chi connectivity index (χ4n) is 3.68. The summed E-state index contributed by atoms with van der Waals surface area (Å²) >= 11 is 6.72. The van der Waals surface area contributed by atoms with Gasteiger partial charge >= 0.3 is 0 Å². The molecule has 0 atom stereocenters. The van der Waals surface area contributed by atoms with Crippen LogP contribution in [0.3, 0.4) is 0 Å². The molecule has 2 saturated heterocycles. The Hall–Kier alpha value is -2.40. The van der Waals surface area contributed by atoms with Crippen LogP contribution in [0.2, 0.25) is 0 Å². The monoisotopic (exact) mass is 372 g/mol. The van der Waals surface area contributed by atoms with Gasteiger partial charge in [0.2, 0.25) is 4.87 Å². The predicted octanol–water partition coefficient (Wildman–Crippen LogP) is 3.61. The molecule has 0 bridgehead atoms. The Bertz CT molecular complexity index is 873. The van der Waals surface area contributed by atoms with Crippen LogP contribution in [0, 0.1) is 12.7 Å². The lowest BCUT2D eigenvalue weighted by molar-refractivity contribution is -0.150. The maximum absolute atomic E-state index is 13.2. The number of halogens is 2. The number of benzene rings is 2. The Labute approximate surface area is 156 Å². The summed E-state index contributed by atoms with van der Waals surface area (Å²) in [6.07, 6.45) is 1.72. The molecule has 6 heteroatoms. The summed E-state index contributed by atoms with van der Waals surface area (Å²) in [5, 5.41) is 2.95. The molecule has 0 spiro atoms. The fraction of sp³-hybridized carbons (Fsp3) is 0.300. The van der Waals surface area contributed by atoms with Gasteiger partial charge in [0.15, 0.2) is 0 Å². The largest absolute Gasteiger partial charge is 0.276 e. The number of nitrogens with zero attached hydrogens (tertiary/aromatic N) is 2. The first-order chi connectivity index (χ1) is 12.4. The predicted molar refractivity (Wildman–Crippen MR) is 96.8 cm³/mol. The van der Waals surface area contributed by atoms with Crippen molar-refractivity contribution < 1.29 is 14.0 Å². The molecular formula is C20H18ClFN2O2. The Morgan fingerprint density at radius 2 is 1.46 bits per heavy atom. The third kappa shape index (κ3) is 2.42. The Morgan fingerprint density at radius 3 is 2.04 bits per heavy atom. The highest BCUT2D eigenvalue weighted by molar-refractivity contribution is 6.47. The molecule has 0 unspecified atom stereocenters. The van der Waals surface area contributed by atoms with Gasteiger partial charge in [0.25, 0.3) is 11.8 Å². The molecule has 134 valence electrons. The molecule has 2 aromatic rings. The maximum atomic E-state index is 13.2. The molecular weight excluding hydrogens is 355 g/mol. The van der Waals surface area contributed by atoms with Crippen LogP contribution in [0.4, 0.5) is 4.39 Å². The molecule has 0 aromatic heterocycles. The van der Waals surface area contributed by atoms with Crippen molar-refractivity contribution in [3.63, 3.8) is 0 Å². The first kappa shape index (κ1) is 17.0. The molecule has 26 heavy (non-hydrogen) atoms. The van der Waals surface area contributed by atoms with Crippen LogP contribution in [-0.2, 0) is 14.5 Å². The van der Waals surface area contributed by atoms with E-state index < -0.39 is 4.87 Å². The van der Waals surface area contributed by atoms with E-state index in [9.17, 15) is 14.0 Å². The lowest BCUT2D eigenvalue weighted by Gasteiger charge is -2.31. The molecule has 2 fully saturated rings. The molecule has 2 aliphatic heterocycles. The fourth-order valence-corrected chi connectivity index (χ4v) is 4.08. The SMILES string of the molecule is Cc1ccc(-c2ccc(F)cc2)cc1C1(Cl)C(=O)N2CCCCN2C1=O. The van der Waals surface area contributed by atoms with Crippen molar-refractivity contribution in [3.8, 4) is 11.1 Å². The Morgan fingerprint density at radius 1 is 0.923 bits per heavy atom. The number of hydrogen-bond acceptors (Lipinski definition) is 2. The van der Waals surface area contributed by atoms with Crippen molar-refractivity contribution in [3.05, 3.63) is 59.4 Å². The molecule has 0 saturated carbocycles. The summed E-state index contributed by atoms with van der Waals surface area (Å²) in [5.74, 6) is -1.09. The molecule has 0 aliphatic carbocycles. The number of alkyl halides is 1. The molecule has 2 amide bonds. The smallest absolute Gasteiger partial charge is 0.270 e. The standard InChI is InChI=1S/C20H18ClFN2O2/c1-13-4-5-15(14-6-8-16(22)9-7-14)12-17(13)20(21)18(25)23-10-2-3-11-24(23)19(20)26/h4-9,12H,2-3,10-11H2,1H3. The number of carbonyl (C=O) groups excluding carboxylic acids is 2. The topological polar surface area (TPSA) is 40.6 Å². The van der Waals surface area contributed by atoms with Gasteiger partial charge in [-0.15, -0.1) is 0 Å². The number of carbonyl (C=O) groups is 2. The van der Waals surface area contributed by atoms with Crippen LogP contribution in [0.1, 0.15) is 24.0 Å². The third-order valence-electron chi connectivity index (χ3n) is 5.13. The van der Waals surface area contributed by atoms with Crippen molar-refractivity contribution in [1.29, 1.82) is 0 Å². The van der Waals surface area contributed by atoms with Crippen LogP contribution in [0.25, 0.3) is 11.1 Å². The second-order valence-electron chi connectivity index (χ2n) is 6.76. The lowest BCUT2D eigenvalue weighted by atomic mass is 9.90. The number of hydrazine groups is 1. The molecule has 4 nitrogen and oxygen atoms in total. The highest BCUT2D eigenvalue weighted by Crippen LogP contribution is 2.43. The quantitative estimate of drug-likeness (QED) is 0.596. The zero-order valence-electron chi connectivity index (χ0n) is 14.3. The van der Waals surface area contributed by atoms with Gasteiger partial charge in [0.1, 0.15) is 5.82 Å². The third-order valence-corrected chi connectivity index (χ3v) is 5.65. The van der Waals surface area contributed by atoms with E-state index in [1.165, 1.54) is 22.2 Å². The van der Waals surface area contributed by atoms with E-state index in [-0.39, 0.29) is 17.6 Å². The summed E-state index contributed by atoms with van der Waals surface area (Å²) in [6.45, 7) is 2.85. The summed E-state index contributed by atoms with van der Waals surface area (Å²) in [5.41, 5.74) is 2.84. The zero-order chi connectivity index (χ0) is 18.5. The minimum atomic E-state index is -1.73. The van der Waals surface area contributed by atoms with Crippen LogP contribution in [0.5, 0.6) is 0 Å². The lowest BCUT2D eigenvalue weighted by Crippen LogP contribution is -2.45. The van der Waals surface area contributed by atoms with Gasteiger partial charge in [-0.2, -0.15) is 0 Å². The number of rotatable bonds is 2. The molecule has 2 aromatic carbocycles.